The Kier molecular flexibility index (Phi) is 6.22. The van der Waals surface area contributed by atoms with Crippen LogP contribution in [0.25, 0.3) is 0 Å². The van der Waals surface area contributed by atoms with Gasteiger partial charge in [-0.15, -0.1) is 12.6 Å². The first-order valence-electron chi connectivity index (χ1n) is 4.00. The molecule has 1 amide bonds. The molecule has 0 radical (unpaired) electrons. The molecule has 0 saturated heterocycles. The molecular formula is C8H13NO3S. The van der Waals surface area contributed by atoms with E-state index in [1.165, 1.54) is 6.92 Å². The van der Waals surface area contributed by atoms with Crippen LogP contribution in [0.5, 0.6) is 0 Å². The number of hydrogen-bond donors (Lipinski definition) is 2. The second-order valence-electron chi connectivity index (χ2n) is 2.70. The standard InChI is InChI=1S/C8H13NO3S/c1-6(10)9-4-2-3-7(11)5-8(12)13/h2-5H2,1H3,(H,9,10)(H,12,13). The zero-order valence-electron chi connectivity index (χ0n) is 7.50. The van der Waals surface area contributed by atoms with Gasteiger partial charge in [-0.2, -0.15) is 0 Å². The van der Waals surface area contributed by atoms with Gasteiger partial charge in [-0.25, -0.2) is 0 Å². The lowest BCUT2D eigenvalue weighted by molar-refractivity contribution is -0.124. The second-order valence-corrected chi connectivity index (χ2v) is 3.19. The van der Waals surface area contributed by atoms with Crippen molar-refractivity contribution in [3.63, 3.8) is 0 Å². The van der Waals surface area contributed by atoms with Gasteiger partial charge in [-0.05, 0) is 6.42 Å². The van der Waals surface area contributed by atoms with Gasteiger partial charge in [0.05, 0.1) is 6.42 Å². The van der Waals surface area contributed by atoms with Gasteiger partial charge in [0, 0.05) is 19.9 Å². The molecule has 0 aliphatic heterocycles. The minimum Gasteiger partial charge on any atom is -0.356 e. The molecule has 0 heterocycles. The number of hydrogen-bond acceptors (Lipinski definition) is 3. The van der Waals surface area contributed by atoms with Gasteiger partial charge >= 0.3 is 0 Å². The fraction of sp³-hybridized carbons (Fsp3) is 0.625. The third-order valence-electron chi connectivity index (χ3n) is 1.35. The van der Waals surface area contributed by atoms with Gasteiger partial charge in [-0.1, -0.05) is 0 Å². The first kappa shape index (κ1) is 12.2. The summed E-state index contributed by atoms with van der Waals surface area (Å²) < 4.78 is 0. The Balaban J connectivity index is 3.37. The van der Waals surface area contributed by atoms with Crippen molar-refractivity contribution in [1.82, 2.24) is 5.32 Å². The SMILES string of the molecule is CC(=O)NCCCC(=O)CC(=O)S. The molecule has 0 unspecified atom stereocenters. The Labute approximate surface area is 82.5 Å². The molecular weight excluding hydrogens is 190 g/mol. The molecule has 0 atom stereocenters. The van der Waals surface area contributed by atoms with Crippen molar-refractivity contribution in [2.45, 2.75) is 26.2 Å². The first-order chi connectivity index (χ1) is 6.02. The molecule has 0 aliphatic carbocycles. The van der Waals surface area contributed by atoms with Crippen molar-refractivity contribution in [3.05, 3.63) is 0 Å². The molecule has 0 rings (SSSR count). The van der Waals surface area contributed by atoms with Crippen LogP contribution in [-0.2, 0) is 14.4 Å². The summed E-state index contributed by atoms with van der Waals surface area (Å²) in [5, 5.41) is 2.15. The average molecular weight is 203 g/mol. The number of thiol groups is 1. The number of rotatable bonds is 6. The van der Waals surface area contributed by atoms with Crippen molar-refractivity contribution in [2.75, 3.05) is 6.54 Å². The Hall–Kier alpha value is -0.840. The molecule has 4 nitrogen and oxygen atoms in total. The summed E-state index contributed by atoms with van der Waals surface area (Å²) in [5.74, 6) is -0.247. The second kappa shape index (κ2) is 6.65. The van der Waals surface area contributed by atoms with Crippen LogP contribution >= 0.6 is 12.6 Å². The molecule has 0 aromatic rings. The minimum atomic E-state index is -0.412. The van der Waals surface area contributed by atoms with E-state index in [9.17, 15) is 14.4 Å². The maximum absolute atomic E-state index is 10.9. The average Bonchev–Trinajstić information content (AvgIpc) is 1.96. The highest BCUT2D eigenvalue weighted by Gasteiger charge is 2.05. The highest BCUT2D eigenvalue weighted by Crippen LogP contribution is 1.97. The first-order valence-corrected chi connectivity index (χ1v) is 4.45. The Bertz CT molecular complexity index is 215. The summed E-state index contributed by atoms with van der Waals surface area (Å²) in [5.41, 5.74) is 0. The van der Waals surface area contributed by atoms with E-state index < -0.39 is 5.12 Å². The highest BCUT2D eigenvalue weighted by atomic mass is 32.1. The highest BCUT2D eigenvalue weighted by molar-refractivity contribution is 7.96. The molecule has 0 aromatic carbocycles. The molecule has 0 fully saturated rings. The van der Waals surface area contributed by atoms with E-state index in [1.54, 1.807) is 0 Å². The zero-order valence-corrected chi connectivity index (χ0v) is 8.39. The van der Waals surface area contributed by atoms with Gasteiger partial charge in [-0.3, -0.25) is 14.4 Å². The number of Topliss-reactive ketones (excluding diaryl/α,β-unsaturated/α-hetero) is 1. The van der Waals surface area contributed by atoms with E-state index in [-0.39, 0.29) is 18.1 Å². The molecule has 13 heavy (non-hydrogen) atoms. The third kappa shape index (κ3) is 9.07. The van der Waals surface area contributed by atoms with Crippen LogP contribution < -0.4 is 5.32 Å². The van der Waals surface area contributed by atoms with Crippen LogP contribution in [0.4, 0.5) is 0 Å². The smallest absolute Gasteiger partial charge is 0.216 e. The summed E-state index contributed by atoms with van der Waals surface area (Å²) in [6.45, 7) is 1.89. The number of carbonyl (C=O) groups is 3. The predicted octanol–water partition coefficient (Wildman–Crippen LogP) is 0.318. The van der Waals surface area contributed by atoms with E-state index in [0.717, 1.165) is 0 Å². The summed E-state index contributed by atoms with van der Waals surface area (Å²) in [6, 6.07) is 0. The molecule has 74 valence electrons. The number of nitrogens with one attached hydrogen (secondary N) is 1. The van der Waals surface area contributed by atoms with E-state index in [4.69, 9.17) is 0 Å². The lowest BCUT2D eigenvalue weighted by atomic mass is 10.2. The van der Waals surface area contributed by atoms with Crippen LogP contribution in [0.3, 0.4) is 0 Å². The Morgan fingerprint density at radius 3 is 2.38 bits per heavy atom. The largest absolute Gasteiger partial charge is 0.356 e. The molecule has 0 aliphatic rings. The fourth-order valence-corrected chi connectivity index (χ4v) is 0.983. The van der Waals surface area contributed by atoms with Crippen molar-refractivity contribution >= 4 is 29.4 Å². The number of ketones is 1. The van der Waals surface area contributed by atoms with Gasteiger partial charge in [0.2, 0.25) is 5.91 Å². The minimum absolute atomic E-state index is 0.113. The van der Waals surface area contributed by atoms with Crippen molar-refractivity contribution in [3.8, 4) is 0 Å². The van der Waals surface area contributed by atoms with Crippen molar-refractivity contribution in [2.24, 2.45) is 0 Å². The lowest BCUT2D eigenvalue weighted by Gasteiger charge is -2.00. The zero-order chi connectivity index (χ0) is 10.3. The monoisotopic (exact) mass is 203 g/mol. The summed E-state index contributed by atoms with van der Waals surface area (Å²) in [4.78, 5) is 31.7. The van der Waals surface area contributed by atoms with E-state index in [1.807, 2.05) is 0 Å². The molecule has 5 heteroatoms. The Morgan fingerprint density at radius 2 is 1.92 bits per heavy atom. The maximum Gasteiger partial charge on any atom is 0.216 e. The summed E-state index contributed by atoms with van der Waals surface area (Å²) in [6.07, 6.45) is 0.759. The third-order valence-corrected chi connectivity index (χ3v) is 1.51. The maximum atomic E-state index is 10.9. The topological polar surface area (TPSA) is 63.2 Å². The quantitative estimate of drug-likeness (QED) is 0.371. The van der Waals surface area contributed by atoms with Crippen molar-refractivity contribution < 1.29 is 14.4 Å². The van der Waals surface area contributed by atoms with E-state index in [2.05, 4.69) is 17.9 Å². The van der Waals surface area contributed by atoms with Crippen LogP contribution in [0.15, 0.2) is 0 Å². The van der Waals surface area contributed by atoms with Crippen molar-refractivity contribution in [1.29, 1.82) is 0 Å². The van der Waals surface area contributed by atoms with Crippen LogP contribution in [0.2, 0.25) is 0 Å². The number of amides is 1. The van der Waals surface area contributed by atoms with E-state index >= 15 is 0 Å². The molecule has 0 aromatic heterocycles. The van der Waals surface area contributed by atoms with Crippen LogP contribution in [-0.4, -0.2) is 23.4 Å². The predicted molar refractivity (Wildman–Crippen MR) is 51.5 cm³/mol. The summed E-state index contributed by atoms with van der Waals surface area (Å²) in [7, 11) is 0. The van der Waals surface area contributed by atoms with Gasteiger partial charge in [0.1, 0.15) is 5.78 Å². The Morgan fingerprint density at radius 1 is 1.31 bits per heavy atom. The molecule has 0 bridgehead atoms. The van der Waals surface area contributed by atoms with Crippen LogP contribution in [0, 0.1) is 0 Å². The van der Waals surface area contributed by atoms with Crippen LogP contribution in [0.1, 0.15) is 26.2 Å². The fourth-order valence-electron chi connectivity index (χ4n) is 0.807. The van der Waals surface area contributed by atoms with Gasteiger partial charge < -0.3 is 5.32 Å². The van der Waals surface area contributed by atoms with Gasteiger partial charge in [0.15, 0.2) is 5.12 Å². The van der Waals surface area contributed by atoms with E-state index in [0.29, 0.717) is 19.4 Å². The molecule has 0 spiro atoms. The molecule has 0 saturated carbocycles. The summed E-state index contributed by atoms with van der Waals surface area (Å²) >= 11 is 3.49. The molecule has 1 N–H and O–H groups in total. The normalized spacial score (nSPS) is 9.38. The van der Waals surface area contributed by atoms with Gasteiger partial charge in [0.25, 0.3) is 0 Å². The number of carbonyl (C=O) groups excluding carboxylic acids is 3. The lowest BCUT2D eigenvalue weighted by Crippen LogP contribution is -2.21.